The van der Waals surface area contributed by atoms with E-state index in [0.717, 1.165) is 83.5 Å². The Hall–Kier alpha value is -1.52. The highest BCUT2D eigenvalue weighted by atomic mass is 16.5. The van der Waals surface area contributed by atoms with Crippen LogP contribution in [0.2, 0.25) is 0 Å². The molecule has 4 fully saturated rings. The van der Waals surface area contributed by atoms with Gasteiger partial charge in [-0.1, -0.05) is 96.1 Å². The van der Waals surface area contributed by atoms with Gasteiger partial charge in [-0.2, -0.15) is 0 Å². The van der Waals surface area contributed by atoms with Crippen molar-refractivity contribution >= 4 is 11.9 Å². The maximum atomic E-state index is 13.9. The maximum Gasteiger partial charge on any atom is 0.314 e. The van der Waals surface area contributed by atoms with Gasteiger partial charge in [-0.15, -0.1) is 0 Å². The largest absolute Gasteiger partial charge is 0.481 e. The van der Waals surface area contributed by atoms with Crippen LogP contribution in [0.1, 0.15) is 161 Å². The molecule has 1 unspecified atom stereocenters. The summed E-state index contributed by atoms with van der Waals surface area (Å²) in [5, 5.41) is 16.5. The number of unbranched alkanes of at least 4 members (excludes halogenated alkanes) is 13. The van der Waals surface area contributed by atoms with Crippen molar-refractivity contribution in [3.63, 3.8) is 0 Å². The van der Waals surface area contributed by atoms with Gasteiger partial charge in [-0.3, -0.25) is 25.1 Å². The molecule has 0 aromatic heterocycles. The Bertz CT molecular complexity index is 1000. The SMILES string of the molecule is CC[C@H]1C=CCC[C@@]2(C[C@@H]3CC[C@@H]4[C@H](C(=O)OCCCCCCCCCCCCCCCCC(=O)O)[C@]5(CCCCO5)NC(N2)N34)O1. The molecule has 7 atom stereocenters. The van der Waals surface area contributed by atoms with Crippen LogP contribution in [-0.4, -0.2) is 71.1 Å². The molecular weight excluding hydrogens is 594 g/mol. The van der Waals surface area contributed by atoms with Crippen LogP contribution in [0.15, 0.2) is 12.2 Å². The Morgan fingerprint density at radius 1 is 0.894 bits per heavy atom. The van der Waals surface area contributed by atoms with Crippen LogP contribution in [0.5, 0.6) is 0 Å². The minimum Gasteiger partial charge on any atom is -0.481 e. The van der Waals surface area contributed by atoms with Crippen LogP contribution >= 0.6 is 0 Å². The second kappa shape index (κ2) is 18.5. The van der Waals surface area contributed by atoms with Gasteiger partial charge in [0.15, 0.2) is 0 Å². The summed E-state index contributed by atoms with van der Waals surface area (Å²) in [4.78, 5) is 27.0. The first-order chi connectivity index (χ1) is 23.0. The topological polar surface area (TPSA) is 109 Å². The smallest absolute Gasteiger partial charge is 0.314 e. The summed E-state index contributed by atoms with van der Waals surface area (Å²) < 4.78 is 19.4. The average Bonchev–Trinajstić information content (AvgIpc) is 3.36. The van der Waals surface area contributed by atoms with Crippen molar-refractivity contribution in [3.05, 3.63) is 12.2 Å². The number of aliphatic carboxylic acids is 1. The lowest BCUT2D eigenvalue weighted by molar-refractivity contribution is -0.244. The maximum absolute atomic E-state index is 13.9. The van der Waals surface area contributed by atoms with E-state index in [1.807, 2.05) is 0 Å². The summed E-state index contributed by atoms with van der Waals surface area (Å²) in [5.41, 5.74) is -1.04. The van der Waals surface area contributed by atoms with E-state index in [2.05, 4.69) is 34.6 Å². The van der Waals surface area contributed by atoms with E-state index in [1.165, 1.54) is 64.2 Å². The van der Waals surface area contributed by atoms with Gasteiger partial charge < -0.3 is 19.3 Å². The lowest BCUT2D eigenvalue weighted by Gasteiger charge is -2.60. The molecule has 9 heteroatoms. The zero-order chi connectivity index (χ0) is 33.0. The highest BCUT2D eigenvalue weighted by Gasteiger charge is 2.63. The number of nitrogens with zero attached hydrogens (tertiary/aromatic N) is 1. The van der Waals surface area contributed by atoms with Crippen molar-refractivity contribution in [1.29, 1.82) is 0 Å². The lowest BCUT2D eigenvalue weighted by atomic mass is 9.80. The van der Waals surface area contributed by atoms with E-state index >= 15 is 0 Å². The fourth-order valence-electron chi connectivity index (χ4n) is 9.10. The van der Waals surface area contributed by atoms with Gasteiger partial charge in [-0.05, 0) is 64.2 Å². The minimum atomic E-state index is -0.684. The Morgan fingerprint density at radius 2 is 1.57 bits per heavy atom. The second-order valence-electron chi connectivity index (χ2n) is 15.1. The van der Waals surface area contributed by atoms with Gasteiger partial charge in [0.2, 0.25) is 0 Å². The number of carbonyl (C=O) groups excluding carboxylic acids is 1. The molecular formula is C38H65N3O6. The number of esters is 1. The standard InChI is InChI=1S/C38H65N3O6/c1-2-31-21-16-17-25-37(47-31)29-30-23-24-32-34(38(26-18-20-28-46-38)40-36(39-37)41(30)32)35(44)45-27-19-14-12-10-8-6-4-3-5-7-9-11-13-15-22-33(42)43/h16,21,30-32,34,36,39-40H,2-15,17-20,22-29H2,1H3,(H,42,43)/t30-,31-,32+,34+,36?,37-,38+/m0/s1. The van der Waals surface area contributed by atoms with Crippen molar-refractivity contribution in [2.24, 2.45) is 5.92 Å². The summed E-state index contributed by atoms with van der Waals surface area (Å²) in [7, 11) is 0. The van der Waals surface area contributed by atoms with Crippen LogP contribution in [0.3, 0.4) is 0 Å². The van der Waals surface area contributed by atoms with Crippen molar-refractivity contribution < 1.29 is 28.9 Å². The Labute approximate surface area is 284 Å². The van der Waals surface area contributed by atoms with Gasteiger partial charge in [0, 0.05) is 31.5 Å². The summed E-state index contributed by atoms with van der Waals surface area (Å²) in [5.74, 6) is -1.06. The monoisotopic (exact) mass is 659 g/mol. The number of carboxylic acid groups (broad SMARTS) is 1. The van der Waals surface area contributed by atoms with Crippen LogP contribution in [0.25, 0.3) is 0 Å². The molecule has 47 heavy (non-hydrogen) atoms. The molecule has 9 nitrogen and oxygen atoms in total. The van der Waals surface area contributed by atoms with Gasteiger partial charge in [0.1, 0.15) is 23.7 Å². The average molecular weight is 660 g/mol. The highest BCUT2D eigenvalue weighted by molar-refractivity contribution is 5.75. The molecule has 3 N–H and O–H groups in total. The molecule has 0 amide bonds. The van der Waals surface area contributed by atoms with Crippen molar-refractivity contribution in [3.8, 4) is 0 Å². The predicted molar refractivity (Wildman–Crippen MR) is 183 cm³/mol. The molecule has 0 bridgehead atoms. The second-order valence-corrected chi connectivity index (χ2v) is 15.1. The molecule has 4 saturated heterocycles. The first-order valence-corrected chi connectivity index (χ1v) is 19.6. The number of ether oxygens (including phenoxy) is 3. The van der Waals surface area contributed by atoms with E-state index < -0.39 is 11.7 Å². The molecule has 2 spiro atoms. The normalized spacial score (nSPS) is 33.6. The molecule has 5 aliphatic heterocycles. The van der Waals surface area contributed by atoms with E-state index in [9.17, 15) is 9.59 Å². The third-order valence-corrected chi connectivity index (χ3v) is 11.6. The van der Waals surface area contributed by atoms with Gasteiger partial charge in [-0.25, -0.2) is 0 Å². The molecule has 5 rings (SSSR count). The van der Waals surface area contributed by atoms with Crippen LogP contribution < -0.4 is 10.6 Å². The molecule has 5 aliphatic rings. The molecule has 0 aromatic rings. The minimum absolute atomic E-state index is 0.0686. The fraction of sp³-hybridized carbons (Fsp3) is 0.895. The van der Waals surface area contributed by atoms with Crippen molar-refractivity contribution in [2.45, 2.75) is 197 Å². The number of allylic oxidation sites excluding steroid dienone is 1. The molecule has 0 aromatic carbocycles. The summed E-state index contributed by atoms with van der Waals surface area (Å²) in [6.07, 6.45) is 30.4. The molecule has 5 heterocycles. The van der Waals surface area contributed by atoms with E-state index in [0.29, 0.717) is 25.7 Å². The predicted octanol–water partition coefficient (Wildman–Crippen LogP) is 7.53. The van der Waals surface area contributed by atoms with Crippen molar-refractivity contribution in [2.75, 3.05) is 13.2 Å². The van der Waals surface area contributed by atoms with Crippen LogP contribution in [0.4, 0.5) is 0 Å². The molecule has 0 aliphatic carbocycles. The first-order valence-electron chi connectivity index (χ1n) is 19.6. The third-order valence-electron chi connectivity index (χ3n) is 11.6. The van der Waals surface area contributed by atoms with Crippen LogP contribution in [-0.2, 0) is 23.8 Å². The first kappa shape index (κ1) is 36.8. The third kappa shape index (κ3) is 10.0. The van der Waals surface area contributed by atoms with Gasteiger partial charge in [0.25, 0.3) is 0 Å². The van der Waals surface area contributed by atoms with Crippen molar-refractivity contribution in [1.82, 2.24) is 15.5 Å². The zero-order valence-corrected chi connectivity index (χ0v) is 29.4. The summed E-state index contributed by atoms with van der Waals surface area (Å²) in [6, 6.07) is 0.504. The van der Waals surface area contributed by atoms with Crippen LogP contribution in [0, 0.1) is 5.92 Å². The Balaban J connectivity index is 0.998. The van der Waals surface area contributed by atoms with E-state index in [-0.39, 0.29) is 36.0 Å². The number of carboxylic acids is 1. The zero-order valence-electron chi connectivity index (χ0n) is 29.4. The summed E-state index contributed by atoms with van der Waals surface area (Å²) >= 11 is 0. The molecule has 268 valence electrons. The molecule has 0 saturated carbocycles. The van der Waals surface area contributed by atoms with Gasteiger partial charge >= 0.3 is 11.9 Å². The number of nitrogens with one attached hydrogen (secondary N) is 2. The number of rotatable bonds is 19. The highest BCUT2D eigenvalue weighted by Crippen LogP contribution is 2.48. The lowest BCUT2D eigenvalue weighted by Crippen LogP contribution is -2.81. The number of carbonyl (C=O) groups is 2. The Kier molecular flexibility index (Phi) is 14.4. The number of hydrogen-bond donors (Lipinski definition) is 3. The summed E-state index contributed by atoms with van der Waals surface area (Å²) in [6.45, 7) is 3.37. The van der Waals surface area contributed by atoms with E-state index in [4.69, 9.17) is 19.3 Å². The Morgan fingerprint density at radius 3 is 2.21 bits per heavy atom. The molecule has 0 radical (unpaired) electrons. The van der Waals surface area contributed by atoms with Gasteiger partial charge in [0.05, 0.1) is 12.7 Å². The fourth-order valence-corrected chi connectivity index (χ4v) is 9.10. The van der Waals surface area contributed by atoms with E-state index in [1.54, 1.807) is 0 Å². The quantitative estimate of drug-likeness (QED) is 0.0736. The number of hydrogen-bond acceptors (Lipinski definition) is 8.